The number of nitrogens with zero attached hydrogens (tertiary/aromatic N) is 1. The average Bonchev–Trinajstić information content (AvgIpc) is 2.96. The number of piperidine rings is 1. The smallest absolute Gasteiger partial charge is 0.142 e. The number of hydrogen-bond donors (Lipinski definition) is 4. The number of halogens is 1. The highest BCUT2D eigenvalue weighted by Gasteiger charge is 2.24. The fourth-order valence-corrected chi connectivity index (χ4v) is 4.06. The second-order valence-corrected chi connectivity index (χ2v) is 7.56. The first-order valence-electron chi connectivity index (χ1n) is 9.06. The van der Waals surface area contributed by atoms with Crippen LogP contribution in [0.3, 0.4) is 0 Å². The summed E-state index contributed by atoms with van der Waals surface area (Å²) < 4.78 is 0.957. The van der Waals surface area contributed by atoms with Crippen LogP contribution in [0.4, 0.5) is 5.82 Å². The Morgan fingerprint density at radius 2 is 2.11 bits per heavy atom. The van der Waals surface area contributed by atoms with Crippen LogP contribution in [0.1, 0.15) is 35.6 Å². The number of nitrogens with two attached hydrogens (primary N) is 2. The highest BCUT2D eigenvalue weighted by molar-refractivity contribution is 9.10. The average molecular weight is 447 g/mol. The van der Waals surface area contributed by atoms with Gasteiger partial charge in [-0.1, -0.05) is 18.7 Å². The molecule has 0 saturated carbocycles. The molecule has 6 nitrogen and oxygen atoms in total. The van der Waals surface area contributed by atoms with Crippen LogP contribution < -0.4 is 11.5 Å². The Bertz CT molecular complexity index is 854. The molecule has 0 amide bonds. The third kappa shape index (κ3) is 5.27. The van der Waals surface area contributed by atoms with E-state index in [4.69, 9.17) is 16.3 Å². The Balaban J connectivity index is 0.000000640. The van der Waals surface area contributed by atoms with Gasteiger partial charge in [-0.2, -0.15) is 0 Å². The molecule has 2 aromatic rings. The summed E-state index contributed by atoms with van der Waals surface area (Å²) in [6.45, 7) is 5.26. The molecular formula is C21H27BrN4O2. The van der Waals surface area contributed by atoms with Crippen molar-refractivity contribution in [2.24, 2.45) is 5.73 Å². The number of phenols is 1. The van der Waals surface area contributed by atoms with Gasteiger partial charge < -0.3 is 26.5 Å². The number of nitrogens with one attached hydrogen (secondary N) is 1. The van der Waals surface area contributed by atoms with E-state index in [-0.39, 0.29) is 5.75 Å². The van der Waals surface area contributed by atoms with Gasteiger partial charge in [-0.15, -0.1) is 0 Å². The van der Waals surface area contributed by atoms with Gasteiger partial charge >= 0.3 is 0 Å². The Kier molecular flexibility index (Phi) is 7.90. The third-order valence-electron chi connectivity index (χ3n) is 4.68. The topological polar surface area (TPSA) is 108 Å². The summed E-state index contributed by atoms with van der Waals surface area (Å²) in [5, 5.41) is 9.96. The number of likely N-dealkylation sites (tertiary alicyclic amines) is 1. The summed E-state index contributed by atoms with van der Waals surface area (Å²) >= 11 is 3.68. The van der Waals surface area contributed by atoms with E-state index in [1.54, 1.807) is 24.3 Å². The lowest BCUT2D eigenvalue weighted by Gasteiger charge is -2.29. The number of H-pyrrole nitrogens is 1. The lowest BCUT2D eigenvalue weighted by molar-refractivity contribution is -0.104. The molecule has 1 unspecified atom stereocenters. The Hall–Kier alpha value is -2.51. The summed E-state index contributed by atoms with van der Waals surface area (Å²) in [6.07, 6.45) is 5.96. The van der Waals surface area contributed by atoms with E-state index in [1.807, 2.05) is 6.07 Å². The number of nitrogen functional groups attached to an aromatic ring is 1. The molecule has 0 aliphatic carbocycles. The standard InChI is InChI=1S/C18H23BrN4O.C3H4O/c1-23-8-4-5-11(10-23)17-16(19)13(18(21)22-17)9-14(20)12-6-2-3-7-15(12)24;1-2-3-4/h2-3,6-7,9,11,22,24H,4-5,8,10,20-21H2,1H3;2-3H,1H2/b14-9-;. The number of anilines is 1. The molecule has 1 aromatic carbocycles. The molecule has 2 heterocycles. The lowest BCUT2D eigenvalue weighted by atomic mass is 9.95. The molecule has 7 heteroatoms. The number of benzene rings is 1. The Labute approximate surface area is 174 Å². The highest BCUT2D eigenvalue weighted by atomic mass is 79.9. The zero-order valence-electron chi connectivity index (χ0n) is 16.0. The van der Waals surface area contributed by atoms with Crippen LogP contribution in [0.15, 0.2) is 41.4 Å². The maximum atomic E-state index is 9.96. The van der Waals surface area contributed by atoms with Crippen LogP contribution in [0.5, 0.6) is 5.75 Å². The van der Waals surface area contributed by atoms with Crippen molar-refractivity contribution in [3.8, 4) is 5.75 Å². The van der Waals surface area contributed by atoms with Gasteiger partial charge in [0.15, 0.2) is 0 Å². The fraction of sp³-hybridized carbons (Fsp3) is 0.286. The van der Waals surface area contributed by atoms with Gasteiger partial charge in [-0.3, -0.25) is 4.79 Å². The number of rotatable bonds is 4. The first kappa shape index (κ1) is 21.8. The van der Waals surface area contributed by atoms with Crippen LogP contribution in [0.25, 0.3) is 11.8 Å². The highest BCUT2D eigenvalue weighted by Crippen LogP contribution is 2.37. The number of aromatic hydroxyl groups is 1. The van der Waals surface area contributed by atoms with Gasteiger partial charge in [0.05, 0.1) is 0 Å². The minimum atomic E-state index is 0.158. The van der Waals surface area contributed by atoms with Crippen molar-refractivity contribution < 1.29 is 9.90 Å². The maximum absolute atomic E-state index is 9.96. The van der Waals surface area contributed by atoms with Crippen LogP contribution in [-0.4, -0.2) is 41.4 Å². The minimum Gasteiger partial charge on any atom is -0.507 e. The Morgan fingerprint density at radius 3 is 2.71 bits per heavy atom. The molecule has 150 valence electrons. The maximum Gasteiger partial charge on any atom is 0.142 e. The number of likely N-dealkylation sites (N-methyl/N-ethyl adjacent to an activating group) is 1. The molecule has 1 fully saturated rings. The molecule has 1 aliphatic heterocycles. The first-order chi connectivity index (χ1) is 13.4. The summed E-state index contributed by atoms with van der Waals surface area (Å²) in [7, 11) is 2.14. The number of carbonyl (C=O) groups is 1. The summed E-state index contributed by atoms with van der Waals surface area (Å²) in [5.74, 6) is 1.17. The number of hydrogen-bond acceptors (Lipinski definition) is 5. The van der Waals surface area contributed by atoms with Gasteiger partial charge in [0.2, 0.25) is 0 Å². The predicted octanol–water partition coefficient (Wildman–Crippen LogP) is 3.70. The number of aldehydes is 1. The second kappa shape index (κ2) is 10.1. The molecule has 1 aliphatic rings. The van der Waals surface area contributed by atoms with Crippen LogP contribution >= 0.6 is 15.9 Å². The Morgan fingerprint density at radius 1 is 1.43 bits per heavy atom. The van der Waals surface area contributed by atoms with E-state index in [0.29, 0.717) is 29.3 Å². The van der Waals surface area contributed by atoms with E-state index < -0.39 is 0 Å². The van der Waals surface area contributed by atoms with Crippen molar-refractivity contribution >= 4 is 39.8 Å². The first-order valence-corrected chi connectivity index (χ1v) is 9.85. The number of para-hydroxylation sites is 1. The quantitative estimate of drug-likeness (QED) is 0.422. The monoisotopic (exact) mass is 446 g/mol. The number of aromatic amines is 1. The van der Waals surface area contributed by atoms with Gasteiger partial charge in [0, 0.05) is 39.5 Å². The molecule has 0 spiro atoms. The molecule has 1 saturated heterocycles. The summed E-state index contributed by atoms with van der Waals surface area (Å²) in [4.78, 5) is 14.7. The van der Waals surface area contributed by atoms with Crippen molar-refractivity contribution in [2.75, 3.05) is 25.9 Å². The van der Waals surface area contributed by atoms with Crippen LogP contribution in [0.2, 0.25) is 0 Å². The number of carbonyl (C=O) groups excluding carboxylic acids is 1. The number of phenolic OH excluding ortho intramolecular Hbond substituents is 1. The van der Waals surface area contributed by atoms with Crippen molar-refractivity contribution in [1.29, 1.82) is 0 Å². The van der Waals surface area contributed by atoms with E-state index in [9.17, 15) is 5.11 Å². The van der Waals surface area contributed by atoms with Gasteiger partial charge in [-0.05, 0) is 66.6 Å². The van der Waals surface area contributed by atoms with Crippen molar-refractivity contribution in [3.05, 3.63) is 58.2 Å². The van der Waals surface area contributed by atoms with Gasteiger partial charge in [-0.25, -0.2) is 0 Å². The molecule has 1 aromatic heterocycles. The molecule has 0 radical (unpaired) electrons. The summed E-state index contributed by atoms with van der Waals surface area (Å²) in [6, 6.07) is 7.02. The minimum absolute atomic E-state index is 0.158. The third-order valence-corrected chi connectivity index (χ3v) is 5.53. The zero-order chi connectivity index (χ0) is 20.7. The predicted molar refractivity (Wildman–Crippen MR) is 119 cm³/mol. The lowest BCUT2D eigenvalue weighted by Crippen LogP contribution is -2.31. The van der Waals surface area contributed by atoms with Crippen molar-refractivity contribution in [2.45, 2.75) is 18.8 Å². The fourth-order valence-electron chi connectivity index (χ4n) is 3.31. The molecule has 1 atom stereocenters. The van der Waals surface area contributed by atoms with Crippen molar-refractivity contribution in [1.82, 2.24) is 9.88 Å². The number of aromatic nitrogens is 1. The largest absolute Gasteiger partial charge is 0.507 e. The van der Waals surface area contributed by atoms with E-state index in [1.165, 1.54) is 12.5 Å². The zero-order valence-corrected chi connectivity index (χ0v) is 17.6. The molecule has 3 rings (SSSR count). The molecule has 28 heavy (non-hydrogen) atoms. The SMILES string of the molecule is C=CC=O.CN1CCCC(c2[nH]c(N)c(/C=C(\N)c3ccccc3O)c2Br)C1. The van der Waals surface area contributed by atoms with E-state index in [2.05, 4.69) is 39.4 Å². The van der Waals surface area contributed by atoms with Crippen LogP contribution in [-0.2, 0) is 4.79 Å². The van der Waals surface area contributed by atoms with Crippen LogP contribution in [0, 0.1) is 0 Å². The second-order valence-electron chi connectivity index (χ2n) is 6.77. The molecule has 0 bridgehead atoms. The number of allylic oxidation sites excluding steroid dienone is 1. The van der Waals surface area contributed by atoms with E-state index >= 15 is 0 Å². The van der Waals surface area contributed by atoms with Gasteiger partial charge in [0.25, 0.3) is 0 Å². The summed E-state index contributed by atoms with van der Waals surface area (Å²) in [5.41, 5.74) is 15.4. The van der Waals surface area contributed by atoms with E-state index in [0.717, 1.165) is 35.2 Å². The molecular weight excluding hydrogens is 420 g/mol. The van der Waals surface area contributed by atoms with Crippen molar-refractivity contribution in [3.63, 3.8) is 0 Å². The molecule has 6 N–H and O–H groups in total. The normalized spacial score (nSPS) is 17.5. The van der Waals surface area contributed by atoms with Gasteiger partial charge in [0.1, 0.15) is 17.9 Å².